The van der Waals surface area contributed by atoms with Gasteiger partial charge >= 0.3 is 6.09 Å². The Morgan fingerprint density at radius 1 is 0.683 bits per heavy atom. The minimum absolute atomic E-state index is 0.00927. The summed E-state index contributed by atoms with van der Waals surface area (Å²) in [5, 5.41) is 36.6. The van der Waals surface area contributed by atoms with Gasteiger partial charge < -0.3 is 35.3 Å². The summed E-state index contributed by atoms with van der Waals surface area (Å²) in [4.78, 5) is 31.8. The molecule has 2 heterocycles. The molecule has 0 radical (unpaired) electrons. The standard InChI is InChI=1S/C11H9F2NO3.C10H7F2NO2.C7H3F2NO.C7H4F2O2.C6H4F2O/c1-16-11(15)14-8-3-6-2-7(12)4-9(13)10(6)17-5-8;11-7-2-5-1-6(10(13)14)4-15-9(5)8(12)3-7;2*8-5-1-4(3-10)7(11)6(9)2-5;7-4-1-2-6(9)5(8)3-4/h2-4H,5H2,1H3,(H,14,15);1-3H,4H2,(H2,13,14);1-2,11H;1-3,11H;1-3,9H. The number of phenols is 3. The summed E-state index contributed by atoms with van der Waals surface area (Å²) in [6, 6.07) is 10.2. The number of benzene rings is 5. The van der Waals surface area contributed by atoms with Gasteiger partial charge in [0.15, 0.2) is 64.1 Å². The van der Waals surface area contributed by atoms with E-state index in [1.165, 1.54) is 25.3 Å². The molecule has 0 aliphatic carbocycles. The summed E-state index contributed by atoms with van der Waals surface area (Å²) in [7, 11) is 1.22. The maximum atomic E-state index is 13.3. The summed E-state index contributed by atoms with van der Waals surface area (Å²) < 4.78 is 140. The zero-order valence-corrected chi connectivity index (χ0v) is 31.6. The molecule has 0 saturated carbocycles. The summed E-state index contributed by atoms with van der Waals surface area (Å²) in [6.07, 6.45) is 2.27. The van der Waals surface area contributed by atoms with E-state index in [0.29, 0.717) is 23.9 Å². The van der Waals surface area contributed by atoms with Crippen molar-refractivity contribution in [1.29, 1.82) is 5.26 Å². The maximum absolute atomic E-state index is 13.3. The monoisotopic (exact) mass is 895 g/mol. The number of nitrogens with one attached hydrogen (secondary N) is 1. The zero-order valence-electron chi connectivity index (χ0n) is 31.6. The fraction of sp³-hybridized carbons (Fsp3) is 0.0732. The van der Waals surface area contributed by atoms with E-state index in [2.05, 4.69) is 10.1 Å². The molecule has 2 aliphatic heterocycles. The van der Waals surface area contributed by atoms with Crippen LogP contribution in [0.25, 0.3) is 12.2 Å². The fourth-order valence-corrected chi connectivity index (χ4v) is 4.64. The molecular weight excluding hydrogens is 868 g/mol. The van der Waals surface area contributed by atoms with Crippen LogP contribution in [0.15, 0.2) is 78.0 Å². The smallest absolute Gasteiger partial charge is 0.411 e. The third-order valence-corrected chi connectivity index (χ3v) is 7.49. The zero-order chi connectivity index (χ0) is 47.1. The number of nitrogens with zero attached hydrogens (tertiary/aromatic N) is 1. The largest absolute Gasteiger partial charge is 0.505 e. The van der Waals surface area contributed by atoms with Crippen molar-refractivity contribution in [2.45, 2.75) is 0 Å². The molecule has 0 saturated heterocycles. The van der Waals surface area contributed by atoms with Crippen LogP contribution < -0.4 is 20.5 Å². The van der Waals surface area contributed by atoms with E-state index in [1.54, 1.807) is 0 Å². The minimum Gasteiger partial charge on any atom is -0.505 e. The average molecular weight is 896 g/mol. The first-order chi connectivity index (χ1) is 29.7. The molecule has 7 rings (SSSR count). The van der Waals surface area contributed by atoms with Crippen LogP contribution in [0.2, 0.25) is 0 Å². The highest BCUT2D eigenvalue weighted by Gasteiger charge is 2.20. The number of alkyl carbamates (subject to hydrolysis) is 1. The summed E-state index contributed by atoms with van der Waals surface area (Å²) in [5.74, 6) is -11.5. The third-order valence-electron chi connectivity index (χ3n) is 7.49. The Kier molecular flexibility index (Phi) is 17.5. The van der Waals surface area contributed by atoms with Gasteiger partial charge in [-0.05, 0) is 48.6 Å². The second kappa shape index (κ2) is 22.4. The van der Waals surface area contributed by atoms with E-state index in [0.717, 1.165) is 48.5 Å². The van der Waals surface area contributed by atoms with Crippen molar-refractivity contribution in [3.8, 4) is 34.8 Å². The van der Waals surface area contributed by atoms with Gasteiger partial charge in [0.1, 0.15) is 48.4 Å². The molecule has 0 aromatic heterocycles. The van der Waals surface area contributed by atoms with Crippen molar-refractivity contribution < 1.29 is 87.8 Å². The summed E-state index contributed by atoms with van der Waals surface area (Å²) in [5.41, 5.74) is 5.22. The number of aromatic hydroxyl groups is 3. The minimum atomic E-state index is -1.13. The number of fused-ring (bicyclic) bond motifs is 2. The van der Waals surface area contributed by atoms with Crippen LogP contribution in [0.4, 0.5) is 48.7 Å². The quantitative estimate of drug-likeness (QED) is 0.0874. The number of halogens is 10. The van der Waals surface area contributed by atoms with E-state index in [4.69, 9.17) is 35.8 Å². The Hall–Kier alpha value is -8.22. The molecule has 5 aromatic rings. The molecule has 2 amide bonds. The van der Waals surface area contributed by atoms with Gasteiger partial charge in [0.25, 0.3) is 0 Å². The second-order valence-electron chi connectivity index (χ2n) is 11.9. The van der Waals surface area contributed by atoms with Crippen molar-refractivity contribution in [1.82, 2.24) is 5.32 Å². The van der Waals surface area contributed by atoms with Crippen molar-refractivity contribution >= 4 is 30.4 Å². The number of amides is 2. The predicted octanol–water partition coefficient (Wildman–Crippen LogP) is 7.98. The lowest BCUT2D eigenvalue weighted by molar-refractivity contribution is -0.114. The molecule has 0 bridgehead atoms. The topological polar surface area (TPSA) is 201 Å². The van der Waals surface area contributed by atoms with Crippen molar-refractivity contribution in [3.05, 3.63) is 158 Å². The molecule has 5 aromatic carbocycles. The lowest BCUT2D eigenvalue weighted by atomic mass is 10.1. The van der Waals surface area contributed by atoms with Crippen LogP contribution in [0.3, 0.4) is 0 Å². The van der Waals surface area contributed by atoms with Crippen molar-refractivity contribution in [2.24, 2.45) is 5.73 Å². The molecule has 12 nitrogen and oxygen atoms in total. The Morgan fingerprint density at radius 2 is 1.17 bits per heavy atom. The number of hydrogen-bond donors (Lipinski definition) is 5. The number of primary amides is 1. The van der Waals surface area contributed by atoms with Gasteiger partial charge in [-0.1, -0.05) is 0 Å². The average Bonchev–Trinajstić information content (AvgIpc) is 3.22. The van der Waals surface area contributed by atoms with Crippen molar-refractivity contribution in [3.63, 3.8) is 0 Å². The molecule has 0 atom stereocenters. The Bertz CT molecular complexity index is 2640. The number of hydrogen-bond acceptors (Lipinski definition) is 10. The molecular formula is C41H27F10N3O9. The number of carbonyl (C=O) groups excluding carboxylic acids is 3. The highest BCUT2D eigenvalue weighted by Crippen LogP contribution is 2.31. The van der Waals surface area contributed by atoms with Crippen LogP contribution in [0.5, 0.6) is 28.7 Å². The Labute approximate surface area is 347 Å². The lowest BCUT2D eigenvalue weighted by Gasteiger charge is -2.18. The third kappa shape index (κ3) is 14.2. The molecule has 0 spiro atoms. The lowest BCUT2D eigenvalue weighted by Crippen LogP contribution is -2.27. The number of phenolic OH excluding ortho intramolecular Hbond substituents is 3. The van der Waals surface area contributed by atoms with E-state index in [1.807, 2.05) is 0 Å². The molecule has 0 unspecified atom stereocenters. The van der Waals surface area contributed by atoms with Gasteiger partial charge in [-0.15, -0.1) is 0 Å². The van der Waals surface area contributed by atoms with E-state index in [-0.39, 0.29) is 53.3 Å². The number of rotatable bonds is 3. The maximum Gasteiger partial charge on any atom is 0.411 e. The molecule has 22 heteroatoms. The van der Waals surface area contributed by atoms with Crippen LogP contribution in [-0.2, 0) is 9.53 Å². The summed E-state index contributed by atoms with van der Waals surface area (Å²) in [6.45, 7) is -0.102. The Morgan fingerprint density at radius 3 is 1.68 bits per heavy atom. The van der Waals surface area contributed by atoms with Gasteiger partial charge in [-0.2, -0.15) is 5.26 Å². The van der Waals surface area contributed by atoms with E-state index >= 15 is 0 Å². The number of aldehydes is 1. The number of methoxy groups -OCH3 is 1. The van der Waals surface area contributed by atoms with Gasteiger partial charge in [0.2, 0.25) is 5.91 Å². The highest BCUT2D eigenvalue weighted by molar-refractivity contribution is 5.98. The number of nitrogens with two attached hydrogens (primary N) is 1. The van der Waals surface area contributed by atoms with E-state index in [9.17, 15) is 58.3 Å². The normalized spacial score (nSPS) is 11.5. The van der Waals surface area contributed by atoms with Crippen LogP contribution >= 0.6 is 0 Å². The van der Waals surface area contributed by atoms with E-state index < -0.39 is 93.0 Å². The Balaban J connectivity index is 0.000000214. The molecule has 6 N–H and O–H groups in total. The highest BCUT2D eigenvalue weighted by atomic mass is 19.2. The fourth-order valence-electron chi connectivity index (χ4n) is 4.64. The van der Waals surface area contributed by atoms with Crippen LogP contribution in [0.1, 0.15) is 27.0 Å². The molecule has 0 fully saturated rings. The SMILES string of the molecule is COC(=O)NC1=Cc2cc(F)cc(F)c2OC1.N#Cc1cc(F)cc(F)c1O.NC(=O)C1=Cc2cc(F)cc(F)c2OC1.O=Cc1cc(F)cc(F)c1O.Oc1ccc(F)cc1F. The molecule has 2 aliphatic rings. The van der Waals surface area contributed by atoms with Crippen LogP contribution in [0, 0.1) is 69.5 Å². The summed E-state index contributed by atoms with van der Waals surface area (Å²) >= 11 is 0. The molecule has 63 heavy (non-hydrogen) atoms. The first-order valence-electron chi connectivity index (χ1n) is 16.8. The first kappa shape index (κ1) is 49.1. The van der Waals surface area contributed by atoms with Gasteiger partial charge in [0, 0.05) is 41.5 Å². The van der Waals surface area contributed by atoms with Gasteiger partial charge in [0.05, 0.1) is 29.5 Å². The van der Waals surface area contributed by atoms with Gasteiger partial charge in [-0.25, -0.2) is 48.7 Å². The number of ether oxygens (including phenoxy) is 3. The van der Waals surface area contributed by atoms with Crippen LogP contribution in [-0.4, -0.2) is 53.9 Å². The second-order valence-corrected chi connectivity index (χ2v) is 11.9. The molecule has 330 valence electrons. The number of nitriles is 1. The first-order valence-corrected chi connectivity index (χ1v) is 16.8. The van der Waals surface area contributed by atoms with Crippen molar-refractivity contribution in [2.75, 3.05) is 20.3 Å². The number of carbonyl (C=O) groups is 3. The van der Waals surface area contributed by atoms with Gasteiger partial charge in [-0.3, -0.25) is 14.9 Å². The predicted molar refractivity (Wildman–Crippen MR) is 199 cm³/mol.